The Morgan fingerprint density at radius 1 is 1.24 bits per heavy atom. The number of nitrogens with two attached hydrogens (primary N) is 1. The van der Waals surface area contributed by atoms with Crippen molar-refractivity contribution in [3.63, 3.8) is 0 Å². The minimum absolute atomic E-state index is 0.0221. The minimum atomic E-state index is -5.10. The van der Waals surface area contributed by atoms with E-state index in [1.807, 2.05) is 4.90 Å². The number of nitriles is 1. The number of hydroxylamine groups is 1. The molecule has 0 spiro atoms. The number of rotatable bonds is 10. The number of sulfonamides is 1. The van der Waals surface area contributed by atoms with Crippen LogP contribution in [-0.2, 0) is 19.6 Å². The van der Waals surface area contributed by atoms with Crippen LogP contribution in [-0.4, -0.2) is 74.3 Å². The highest BCUT2D eigenvalue weighted by Crippen LogP contribution is 2.31. The highest BCUT2D eigenvalue weighted by Gasteiger charge is 2.35. The number of ether oxygens (including phenoxy) is 2. The van der Waals surface area contributed by atoms with Crippen molar-refractivity contribution in [2.45, 2.75) is 30.2 Å². The average molecular weight is 599 g/mol. The van der Waals surface area contributed by atoms with Crippen molar-refractivity contribution < 1.29 is 41.1 Å². The van der Waals surface area contributed by atoms with E-state index in [9.17, 15) is 31.6 Å². The third kappa shape index (κ3) is 8.07. The Kier molecular flexibility index (Phi) is 10.9. The van der Waals surface area contributed by atoms with E-state index >= 15 is 0 Å². The molecular formula is C25H29F3N6O6S. The molecule has 1 saturated heterocycles. The maximum atomic E-state index is 14.6. The zero-order valence-corrected chi connectivity index (χ0v) is 22.8. The maximum Gasteiger partial charge on any atom is 0.289 e. The van der Waals surface area contributed by atoms with E-state index in [1.54, 1.807) is 6.19 Å². The number of likely N-dealkylation sites (tertiary alicyclic amines) is 1. The first-order valence-corrected chi connectivity index (χ1v) is 13.8. The van der Waals surface area contributed by atoms with Gasteiger partial charge in [-0.25, -0.2) is 13.2 Å². The van der Waals surface area contributed by atoms with Gasteiger partial charge < -0.3 is 25.4 Å². The number of nitrogens with zero attached hydrogens (tertiary/aromatic N) is 4. The molecule has 0 aromatic heterocycles. The molecule has 1 heterocycles. The average Bonchev–Trinajstić information content (AvgIpc) is 2.95. The van der Waals surface area contributed by atoms with Gasteiger partial charge in [0.1, 0.15) is 11.6 Å². The normalized spacial score (nSPS) is 15.2. The number of methoxy groups -OCH3 is 1. The van der Waals surface area contributed by atoms with Gasteiger partial charge in [0.05, 0.1) is 17.5 Å². The highest BCUT2D eigenvalue weighted by atomic mass is 32.2. The molecule has 1 aliphatic rings. The molecular weight excluding hydrogens is 569 g/mol. The van der Waals surface area contributed by atoms with Gasteiger partial charge in [-0.15, -0.1) is 9.46 Å². The molecule has 2 aromatic rings. The van der Waals surface area contributed by atoms with Crippen molar-refractivity contribution in [1.82, 2.24) is 14.7 Å². The summed E-state index contributed by atoms with van der Waals surface area (Å²) < 4.78 is 77.2. The van der Waals surface area contributed by atoms with E-state index in [2.05, 4.69) is 10.3 Å². The highest BCUT2D eigenvalue weighted by molar-refractivity contribution is 7.89. The van der Waals surface area contributed by atoms with Crippen LogP contribution < -0.4 is 15.8 Å². The first-order valence-electron chi connectivity index (χ1n) is 12.4. The van der Waals surface area contributed by atoms with Gasteiger partial charge >= 0.3 is 0 Å². The summed E-state index contributed by atoms with van der Waals surface area (Å²) >= 11 is 0. The van der Waals surface area contributed by atoms with Gasteiger partial charge in [-0.3, -0.25) is 10.0 Å². The number of halogens is 3. The fourth-order valence-electron chi connectivity index (χ4n) is 4.14. The fourth-order valence-corrected chi connectivity index (χ4v) is 5.22. The topological polar surface area (TPSA) is 171 Å². The van der Waals surface area contributed by atoms with E-state index in [0.717, 1.165) is 24.3 Å². The first-order chi connectivity index (χ1) is 19.5. The lowest BCUT2D eigenvalue weighted by Gasteiger charge is -2.34. The molecule has 1 atom stereocenters. The molecule has 1 aliphatic heterocycles. The van der Waals surface area contributed by atoms with Crippen LogP contribution in [0.5, 0.6) is 11.5 Å². The van der Waals surface area contributed by atoms with Crippen molar-refractivity contribution in [3.05, 3.63) is 53.8 Å². The Morgan fingerprint density at radius 3 is 2.41 bits per heavy atom. The Morgan fingerprint density at radius 2 is 1.85 bits per heavy atom. The Labute approximate surface area is 234 Å². The van der Waals surface area contributed by atoms with Gasteiger partial charge in [0.25, 0.3) is 15.9 Å². The van der Waals surface area contributed by atoms with Gasteiger partial charge in [-0.1, -0.05) is 0 Å². The summed E-state index contributed by atoms with van der Waals surface area (Å²) in [7, 11) is -3.56. The van der Waals surface area contributed by atoms with Gasteiger partial charge in [-0.2, -0.15) is 13.7 Å². The van der Waals surface area contributed by atoms with Crippen molar-refractivity contribution in [2.24, 2.45) is 16.6 Å². The lowest BCUT2D eigenvalue weighted by molar-refractivity contribution is -0.148. The van der Waals surface area contributed by atoms with Crippen LogP contribution in [0.3, 0.4) is 0 Å². The predicted octanol–water partition coefficient (Wildman–Crippen LogP) is 2.31. The second kappa shape index (κ2) is 14.1. The molecule has 222 valence electrons. The second-order valence-corrected chi connectivity index (χ2v) is 10.9. The summed E-state index contributed by atoms with van der Waals surface area (Å²) in [4.78, 5) is 17.3. The van der Waals surface area contributed by atoms with Gasteiger partial charge in [0.2, 0.25) is 12.2 Å². The van der Waals surface area contributed by atoms with E-state index < -0.39 is 54.5 Å². The summed E-state index contributed by atoms with van der Waals surface area (Å²) in [6.45, 7) is 1.79. The van der Waals surface area contributed by atoms with E-state index in [-0.39, 0.29) is 18.1 Å². The number of carbonyl (C=O) groups excluding carboxylic acids is 1. The number of hydrogen-bond donors (Lipinski definition) is 3. The predicted molar refractivity (Wildman–Crippen MR) is 138 cm³/mol. The maximum absolute atomic E-state index is 14.6. The molecule has 3 rings (SSSR count). The summed E-state index contributed by atoms with van der Waals surface area (Å²) in [5.74, 6) is -5.71. The van der Waals surface area contributed by atoms with Crippen LogP contribution in [0, 0.1) is 34.8 Å². The number of hydrogen-bond acceptors (Lipinski definition) is 9. The molecule has 41 heavy (non-hydrogen) atoms. The fraction of sp³-hybridized carbons (Fsp3) is 0.400. The number of amides is 1. The molecule has 4 N–H and O–H groups in total. The summed E-state index contributed by atoms with van der Waals surface area (Å²) in [5, 5.41) is 22.2. The zero-order valence-electron chi connectivity index (χ0n) is 22.0. The van der Waals surface area contributed by atoms with Crippen molar-refractivity contribution >= 4 is 21.9 Å². The van der Waals surface area contributed by atoms with Crippen LogP contribution >= 0.6 is 0 Å². The van der Waals surface area contributed by atoms with E-state index in [0.29, 0.717) is 57.2 Å². The lowest BCUT2D eigenvalue weighted by atomic mass is 9.90. The van der Waals surface area contributed by atoms with Crippen LogP contribution in [0.2, 0.25) is 0 Å². The summed E-state index contributed by atoms with van der Waals surface area (Å²) in [6.07, 6.45) is 2.82. The van der Waals surface area contributed by atoms with Crippen molar-refractivity contribution in [3.8, 4) is 17.7 Å². The van der Waals surface area contributed by atoms with Crippen LogP contribution in [0.4, 0.5) is 13.2 Å². The molecule has 12 nitrogen and oxygen atoms in total. The summed E-state index contributed by atoms with van der Waals surface area (Å²) in [5.41, 5.74) is 5.91. The zero-order chi connectivity index (χ0) is 30.2. The van der Waals surface area contributed by atoms with Crippen LogP contribution in [0.25, 0.3) is 0 Å². The molecule has 2 aromatic carbocycles. The van der Waals surface area contributed by atoms with E-state index in [4.69, 9.17) is 20.5 Å². The standard InChI is InChI=1S/C25H29F3N6O6S/c1-39-11-8-31-25(32-15-29)33-9-6-16(7-10-33)12-22(30)24(35)34(36)41(37,38)19-13-20(27)23(21(28)14-19)40-18-4-2-17(26)3-5-18/h2-5,13-14,16,22,36H,6-12,30H2,1H3,(H,31,32). The lowest BCUT2D eigenvalue weighted by Crippen LogP contribution is -2.48. The molecule has 0 saturated carbocycles. The van der Waals surface area contributed by atoms with Crippen molar-refractivity contribution in [1.29, 1.82) is 5.26 Å². The van der Waals surface area contributed by atoms with Gasteiger partial charge in [0.15, 0.2) is 17.4 Å². The number of carbonyl (C=O) groups is 1. The second-order valence-electron chi connectivity index (χ2n) is 9.09. The Hall–Kier alpha value is -3.91. The number of nitrogens with one attached hydrogen (secondary N) is 1. The Bertz CT molecular complexity index is 1370. The molecule has 1 fully saturated rings. The quantitative estimate of drug-likeness (QED) is 0.0921. The molecule has 1 unspecified atom stereocenters. The number of guanidine groups is 1. The summed E-state index contributed by atoms with van der Waals surface area (Å²) in [6, 6.07) is 3.51. The first kappa shape index (κ1) is 31.6. The van der Waals surface area contributed by atoms with Crippen molar-refractivity contribution in [2.75, 3.05) is 33.4 Å². The SMILES string of the molecule is COCCN/C(=N\C#N)N1CCC(CC(N)C(=O)N(O)S(=O)(=O)c2cc(F)c(Oc3ccc(F)cc3)c(F)c2)CC1. The largest absolute Gasteiger partial charge is 0.451 e. The monoisotopic (exact) mass is 598 g/mol. The molecule has 0 radical (unpaired) electrons. The van der Waals surface area contributed by atoms with Gasteiger partial charge in [0, 0.05) is 26.7 Å². The smallest absolute Gasteiger partial charge is 0.289 e. The van der Waals surface area contributed by atoms with Crippen LogP contribution in [0.1, 0.15) is 19.3 Å². The number of piperidine rings is 1. The third-order valence-electron chi connectivity index (χ3n) is 6.28. The number of benzene rings is 2. The molecule has 0 bridgehead atoms. The minimum Gasteiger partial charge on any atom is -0.451 e. The van der Waals surface area contributed by atoms with E-state index in [1.165, 1.54) is 7.11 Å². The molecule has 16 heteroatoms. The van der Waals surface area contributed by atoms with Crippen LogP contribution in [0.15, 0.2) is 46.3 Å². The number of aliphatic imine (C=N–C) groups is 1. The molecule has 0 aliphatic carbocycles. The molecule has 1 amide bonds. The third-order valence-corrected chi connectivity index (χ3v) is 7.75. The van der Waals surface area contributed by atoms with Gasteiger partial charge in [-0.05, 0) is 61.6 Å². The Balaban J connectivity index is 1.63.